The van der Waals surface area contributed by atoms with Gasteiger partial charge in [0, 0.05) is 18.3 Å². The first kappa shape index (κ1) is 39.3. The maximum Gasteiger partial charge on any atom is 1.00 e. The number of phosphoric acid groups is 1. The normalized spacial score (nSPS) is 43.3. The van der Waals surface area contributed by atoms with E-state index < -0.39 is 13.2 Å². The second kappa shape index (κ2) is 13.7. The number of carbonyl (C=O) groups excluding carboxylic acids is 2. The van der Waals surface area contributed by atoms with Gasteiger partial charge in [0.05, 0.1) is 26.5 Å². The minimum absolute atomic E-state index is 0. The van der Waals surface area contributed by atoms with E-state index in [4.69, 9.17) is 4.74 Å². The Kier molecular flexibility index (Phi) is 12.5. The van der Waals surface area contributed by atoms with Crippen molar-refractivity contribution >= 4 is 19.6 Å². The fourth-order valence-electron chi connectivity index (χ4n) is 12.1. The first-order chi connectivity index (χ1) is 18.9. The fraction of sp³-hybridized carbons (Fsp3) is 0.939. The zero-order valence-electron chi connectivity index (χ0n) is 28.5. The first-order valence-corrected chi connectivity index (χ1v) is 17.8. The summed E-state index contributed by atoms with van der Waals surface area (Å²) >= 11 is 0. The van der Waals surface area contributed by atoms with E-state index in [0.717, 1.165) is 51.4 Å². The third-order valence-electron chi connectivity index (χ3n) is 14.3. The van der Waals surface area contributed by atoms with Crippen LogP contribution in [0.2, 0.25) is 0 Å². The summed E-state index contributed by atoms with van der Waals surface area (Å²) in [6, 6.07) is 0. The number of ketones is 1. The van der Waals surface area contributed by atoms with Crippen LogP contribution in [0.5, 0.6) is 0 Å². The predicted molar refractivity (Wildman–Crippen MR) is 153 cm³/mol. The smallest absolute Gasteiger partial charge is 0.790 e. The molecule has 0 spiro atoms. The number of rotatable bonds is 7. The van der Waals surface area contributed by atoms with Crippen LogP contribution in [0.25, 0.3) is 0 Å². The number of phosphoric ester groups is 1. The average molecular weight is 655 g/mol. The first-order valence-electron chi connectivity index (χ1n) is 16.3. The number of ether oxygens (including phenoxy) is 1. The molecule has 0 saturated heterocycles. The Morgan fingerprint density at radius 1 is 0.907 bits per heavy atom. The molecule has 0 amide bonds. The minimum Gasteiger partial charge on any atom is -0.790 e. The van der Waals surface area contributed by atoms with E-state index in [2.05, 4.69) is 53.0 Å². The van der Waals surface area contributed by atoms with Crippen LogP contribution in [0.15, 0.2) is 0 Å². The number of carbonyl (C=O) groups is 2. The summed E-state index contributed by atoms with van der Waals surface area (Å²) in [5, 5.41) is 0. The maximum atomic E-state index is 13.9. The number of esters is 1. The van der Waals surface area contributed by atoms with Gasteiger partial charge in [0.25, 0.3) is 0 Å². The third kappa shape index (κ3) is 6.38. The molecule has 10 heteroatoms. The van der Waals surface area contributed by atoms with Crippen LogP contribution in [0.3, 0.4) is 0 Å². The molecule has 0 bridgehead atoms. The minimum atomic E-state index is -5.02. The number of hydrogen-bond acceptors (Lipinski definition) is 7. The summed E-state index contributed by atoms with van der Waals surface area (Å²) in [6.07, 6.45) is 10.2. The number of fused-ring (bicyclic) bond motifs is 7. The maximum absolute atomic E-state index is 13.9. The Morgan fingerprint density at radius 3 is 2.21 bits per heavy atom. The monoisotopic (exact) mass is 654 g/mol. The Balaban J connectivity index is 0.00000253. The van der Waals surface area contributed by atoms with Crippen LogP contribution >= 0.6 is 7.82 Å². The average Bonchev–Trinajstić information content (AvgIpc) is 3.27. The summed E-state index contributed by atoms with van der Waals surface area (Å²) in [4.78, 5) is 48.5. The van der Waals surface area contributed by atoms with Gasteiger partial charge >= 0.3 is 86.9 Å². The van der Waals surface area contributed by atoms with Crippen molar-refractivity contribution in [2.75, 3.05) is 13.2 Å². The van der Waals surface area contributed by atoms with Gasteiger partial charge in [0.1, 0.15) is 5.78 Å². The van der Waals surface area contributed by atoms with Crippen LogP contribution in [0.4, 0.5) is 0 Å². The molecule has 0 aromatic rings. The molecule has 43 heavy (non-hydrogen) atoms. The molecule has 5 rings (SSSR count). The molecule has 5 aliphatic carbocycles. The summed E-state index contributed by atoms with van der Waals surface area (Å²) in [6.45, 7) is 16.5. The summed E-state index contributed by atoms with van der Waals surface area (Å²) in [5.41, 5.74) is -0.289. The Morgan fingerprint density at radius 2 is 1.58 bits per heavy atom. The van der Waals surface area contributed by atoms with Crippen LogP contribution in [-0.4, -0.2) is 25.0 Å². The van der Waals surface area contributed by atoms with E-state index in [1.807, 2.05) is 0 Å². The van der Waals surface area contributed by atoms with Crippen molar-refractivity contribution in [3.8, 4) is 0 Å². The Labute approximate surface area is 324 Å². The Hall–Kier alpha value is 1.89. The van der Waals surface area contributed by atoms with Gasteiger partial charge in [0.15, 0.2) is 0 Å². The molecule has 0 aliphatic heterocycles. The van der Waals surface area contributed by atoms with Crippen LogP contribution in [0.1, 0.15) is 119 Å². The molecule has 5 aliphatic rings. The molecule has 0 aromatic heterocycles. The SMILES string of the molecule is CC(C)[C@@H]1CC[C@]2(C(=O)OCCCOP(=O)([O-])[O-])CC[C@]3(C)[C@H](CC[C@@H]4[C@@]5(C)CCC(=O)C(C)(C)[C@@H]5CC[C@]43C)[C@@H]12.[K+].[Na+]. The van der Waals surface area contributed by atoms with E-state index in [9.17, 15) is 23.9 Å². The summed E-state index contributed by atoms with van der Waals surface area (Å²) < 4.78 is 21.0. The van der Waals surface area contributed by atoms with E-state index in [1.165, 1.54) is 6.42 Å². The molecule has 9 atom stereocenters. The van der Waals surface area contributed by atoms with Crippen molar-refractivity contribution < 1.29 is 114 Å². The predicted octanol–water partition coefficient (Wildman–Crippen LogP) is 0.0796. The van der Waals surface area contributed by atoms with Crippen molar-refractivity contribution in [3.63, 3.8) is 0 Å². The van der Waals surface area contributed by atoms with Crippen molar-refractivity contribution in [2.24, 2.45) is 62.6 Å². The molecule has 5 fully saturated rings. The van der Waals surface area contributed by atoms with Crippen LogP contribution in [-0.2, 0) is 23.4 Å². The molecular formula is C33H53KNaO7P. The third-order valence-corrected chi connectivity index (χ3v) is 14.8. The van der Waals surface area contributed by atoms with Gasteiger partial charge < -0.3 is 23.6 Å². The quantitative estimate of drug-likeness (QED) is 0.165. The van der Waals surface area contributed by atoms with Crippen LogP contribution in [0, 0.1) is 62.6 Å². The van der Waals surface area contributed by atoms with E-state index in [0.29, 0.717) is 41.8 Å². The van der Waals surface area contributed by atoms with Crippen molar-refractivity contribution in [2.45, 2.75) is 119 Å². The largest absolute Gasteiger partial charge is 1.00 e. The van der Waals surface area contributed by atoms with Gasteiger partial charge in [-0.25, -0.2) is 0 Å². The summed E-state index contributed by atoms with van der Waals surface area (Å²) in [5.74, 6) is 3.02. The van der Waals surface area contributed by atoms with Crippen LogP contribution < -0.4 is 90.7 Å². The van der Waals surface area contributed by atoms with Crippen molar-refractivity contribution in [1.29, 1.82) is 0 Å². The molecule has 0 radical (unpaired) electrons. The van der Waals surface area contributed by atoms with E-state index in [1.54, 1.807) is 0 Å². The van der Waals surface area contributed by atoms with Gasteiger partial charge in [-0.05, 0) is 110 Å². The van der Waals surface area contributed by atoms with E-state index >= 15 is 0 Å². The fourth-order valence-corrected chi connectivity index (χ4v) is 12.4. The molecule has 0 unspecified atom stereocenters. The van der Waals surface area contributed by atoms with Gasteiger partial charge in [-0.2, -0.15) is 0 Å². The number of hydrogen-bond donors (Lipinski definition) is 0. The molecule has 0 heterocycles. The van der Waals surface area contributed by atoms with Gasteiger partial charge in [-0.15, -0.1) is 0 Å². The second-order valence-electron chi connectivity index (χ2n) is 16.2. The van der Waals surface area contributed by atoms with Crippen molar-refractivity contribution in [1.82, 2.24) is 0 Å². The van der Waals surface area contributed by atoms with Gasteiger partial charge in [0.2, 0.25) is 0 Å². The number of Topliss-reactive ketones (excluding diaryl/α,β-unsaturated/α-hetero) is 1. The zero-order chi connectivity index (χ0) is 30.2. The molecule has 0 N–H and O–H groups in total. The topological polar surface area (TPSA) is 116 Å². The second-order valence-corrected chi connectivity index (χ2v) is 17.4. The standard InChI is InChI=1S/C33H55O7P.K.Na/c1-21(2)22-11-16-33(28(35)39-19-8-20-40-41(36,37)38)18-17-31(6)23(27(22)33)9-10-25-30(5)14-13-26(34)29(3,4)24(30)12-15-32(25,31)7;;/h21-25,27H,8-20H2,1-7H3,(H2,36,37,38);;/q;2*+1/p-2/t22-,23+,24-,25+,27+,30-,31+,32+,33-;;/m0../s1. The van der Waals surface area contributed by atoms with E-state index in [-0.39, 0.29) is 134 Å². The van der Waals surface area contributed by atoms with Gasteiger partial charge in [-0.1, -0.05) is 48.5 Å². The molecule has 5 saturated carbocycles. The molecule has 7 nitrogen and oxygen atoms in total. The zero-order valence-corrected chi connectivity index (χ0v) is 34.5. The molecule has 0 aromatic carbocycles. The molecular weight excluding hydrogens is 601 g/mol. The van der Waals surface area contributed by atoms with Crippen molar-refractivity contribution in [3.05, 3.63) is 0 Å². The summed E-state index contributed by atoms with van der Waals surface area (Å²) in [7, 11) is -5.02. The molecule has 234 valence electrons. The Bertz CT molecular complexity index is 1110. The van der Waals surface area contributed by atoms with Gasteiger partial charge in [-0.3, -0.25) is 9.59 Å².